The van der Waals surface area contributed by atoms with Gasteiger partial charge in [0.1, 0.15) is 5.75 Å². The smallest absolute Gasteiger partial charge is 0.291 e. The van der Waals surface area contributed by atoms with Gasteiger partial charge in [0.05, 0.1) is 22.7 Å². The van der Waals surface area contributed by atoms with E-state index in [1.54, 1.807) is 24.3 Å². The van der Waals surface area contributed by atoms with Gasteiger partial charge in [0.2, 0.25) is 0 Å². The molecule has 3 rings (SSSR count). The van der Waals surface area contributed by atoms with Crippen LogP contribution in [0.15, 0.2) is 47.1 Å². The van der Waals surface area contributed by atoms with Crippen LogP contribution in [0.3, 0.4) is 0 Å². The van der Waals surface area contributed by atoms with Crippen molar-refractivity contribution in [3.63, 3.8) is 0 Å². The molecule has 152 valence electrons. The maximum atomic E-state index is 12.4. The van der Waals surface area contributed by atoms with Crippen molar-refractivity contribution >= 4 is 39.8 Å². The molecule has 6 nitrogen and oxygen atoms in total. The maximum Gasteiger partial charge on any atom is 0.291 e. The number of hydrogen-bond acceptors (Lipinski definition) is 5. The van der Waals surface area contributed by atoms with Gasteiger partial charge < -0.3 is 19.8 Å². The van der Waals surface area contributed by atoms with Crippen LogP contribution in [0.2, 0.25) is 5.02 Å². The Hall–Kier alpha value is -2.77. The highest BCUT2D eigenvalue weighted by atomic mass is 35.5. The summed E-state index contributed by atoms with van der Waals surface area (Å²) in [5.41, 5.74) is 1.77. The van der Waals surface area contributed by atoms with E-state index in [-0.39, 0.29) is 17.6 Å². The lowest BCUT2D eigenvalue weighted by Crippen LogP contribution is -2.25. The molecule has 3 aromatic rings. The molecule has 8 heteroatoms. The second kappa shape index (κ2) is 9.62. The average molecular weight is 433 g/mol. The average Bonchev–Trinajstić information content (AvgIpc) is 3.33. The molecule has 0 aliphatic carbocycles. The first-order chi connectivity index (χ1) is 13.9. The molecule has 2 heterocycles. The van der Waals surface area contributed by atoms with Crippen molar-refractivity contribution in [3.8, 4) is 5.75 Å². The third kappa shape index (κ3) is 5.62. The normalized spacial score (nSPS) is 10.6. The number of ether oxygens (including phenoxy) is 1. The molecule has 2 amide bonds. The van der Waals surface area contributed by atoms with E-state index in [4.69, 9.17) is 20.8 Å². The van der Waals surface area contributed by atoms with Gasteiger partial charge in [-0.3, -0.25) is 9.59 Å². The second-order valence-electron chi connectivity index (χ2n) is 6.42. The van der Waals surface area contributed by atoms with Crippen LogP contribution in [0.5, 0.6) is 5.75 Å². The van der Waals surface area contributed by atoms with Crippen LogP contribution >= 0.6 is 22.9 Å². The molecule has 0 saturated heterocycles. The Morgan fingerprint density at radius 2 is 1.97 bits per heavy atom. The van der Waals surface area contributed by atoms with Crippen molar-refractivity contribution in [1.29, 1.82) is 0 Å². The van der Waals surface area contributed by atoms with Crippen molar-refractivity contribution in [2.45, 2.75) is 20.3 Å². The fourth-order valence-electron chi connectivity index (χ4n) is 2.66. The number of amides is 2. The summed E-state index contributed by atoms with van der Waals surface area (Å²) in [6.07, 6.45) is 2.10. The predicted molar refractivity (Wildman–Crippen MR) is 114 cm³/mol. The summed E-state index contributed by atoms with van der Waals surface area (Å²) in [4.78, 5) is 25.0. The van der Waals surface area contributed by atoms with Crippen LogP contribution in [0.1, 0.15) is 37.8 Å². The van der Waals surface area contributed by atoms with Crippen LogP contribution in [0.4, 0.5) is 5.00 Å². The highest BCUT2D eigenvalue weighted by molar-refractivity contribution is 7.18. The SMILES string of the molecule is Cc1cc(Cl)ccc1OCCCNC(=O)c1sc(NC(=O)c2ccco2)cc1C. The van der Waals surface area contributed by atoms with Crippen LogP contribution in [0.25, 0.3) is 0 Å². The molecule has 0 unspecified atom stereocenters. The minimum Gasteiger partial charge on any atom is -0.493 e. The first kappa shape index (κ1) is 21.0. The maximum absolute atomic E-state index is 12.4. The summed E-state index contributed by atoms with van der Waals surface area (Å²) >= 11 is 7.16. The van der Waals surface area contributed by atoms with E-state index in [0.29, 0.717) is 34.5 Å². The van der Waals surface area contributed by atoms with E-state index in [1.165, 1.54) is 17.6 Å². The first-order valence-corrected chi connectivity index (χ1v) is 10.3. The van der Waals surface area contributed by atoms with E-state index in [1.807, 2.05) is 26.0 Å². The molecule has 0 bridgehead atoms. The summed E-state index contributed by atoms with van der Waals surface area (Å²) in [6, 6.07) is 10.5. The van der Waals surface area contributed by atoms with Crippen LogP contribution in [-0.2, 0) is 0 Å². The van der Waals surface area contributed by atoms with E-state index in [0.717, 1.165) is 16.9 Å². The molecule has 0 aliphatic heterocycles. The molecule has 0 atom stereocenters. The summed E-state index contributed by atoms with van der Waals surface area (Å²) in [5.74, 6) is 0.483. The van der Waals surface area contributed by atoms with E-state index in [9.17, 15) is 9.59 Å². The number of carbonyl (C=O) groups excluding carboxylic acids is 2. The fraction of sp³-hybridized carbons (Fsp3) is 0.238. The Morgan fingerprint density at radius 3 is 2.69 bits per heavy atom. The van der Waals surface area contributed by atoms with Crippen LogP contribution < -0.4 is 15.4 Å². The topological polar surface area (TPSA) is 80.6 Å². The van der Waals surface area contributed by atoms with Gasteiger partial charge in [-0.15, -0.1) is 11.3 Å². The number of hydrogen-bond donors (Lipinski definition) is 2. The highest BCUT2D eigenvalue weighted by Crippen LogP contribution is 2.27. The summed E-state index contributed by atoms with van der Waals surface area (Å²) in [6.45, 7) is 4.73. The quantitative estimate of drug-likeness (QED) is 0.487. The largest absolute Gasteiger partial charge is 0.493 e. The Morgan fingerprint density at radius 1 is 1.14 bits per heavy atom. The van der Waals surface area contributed by atoms with Crippen molar-refractivity contribution in [3.05, 3.63) is 69.4 Å². The zero-order valence-corrected chi connectivity index (χ0v) is 17.7. The number of halogens is 1. The van der Waals surface area contributed by atoms with Gasteiger partial charge in [0.25, 0.3) is 11.8 Å². The predicted octanol–water partition coefficient (Wildman–Crippen LogP) is 5.06. The number of anilines is 1. The fourth-order valence-corrected chi connectivity index (χ4v) is 3.87. The van der Waals surface area contributed by atoms with Gasteiger partial charge >= 0.3 is 0 Å². The zero-order valence-electron chi connectivity index (χ0n) is 16.1. The zero-order chi connectivity index (χ0) is 20.8. The molecule has 0 radical (unpaired) electrons. The Balaban J connectivity index is 1.45. The van der Waals surface area contributed by atoms with Crippen molar-refractivity contribution in [1.82, 2.24) is 5.32 Å². The number of benzene rings is 1. The number of nitrogens with one attached hydrogen (secondary N) is 2. The summed E-state index contributed by atoms with van der Waals surface area (Å²) in [5, 5.41) is 6.89. The molecule has 0 fully saturated rings. The molecule has 1 aromatic carbocycles. The third-order valence-corrected chi connectivity index (χ3v) is 5.49. The van der Waals surface area contributed by atoms with Crippen molar-refractivity contribution in [2.75, 3.05) is 18.5 Å². The number of rotatable bonds is 8. The van der Waals surface area contributed by atoms with Crippen molar-refractivity contribution < 1.29 is 18.7 Å². The molecule has 2 aromatic heterocycles. The Bertz CT molecular complexity index is 998. The Labute approximate surface area is 177 Å². The monoisotopic (exact) mass is 432 g/mol. The molecule has 0 spiro atoms. The van der Waals surface area contributed by atoms with E-state index >= 15 is 0 Å². The third-order valence-electron chi connectivity index (χ3n) is 4.11. The van der Waals surface area contributed by atoms with E-state index < -0.39 is 0 Å². The highest BCUT2D eigenvalue weighted by Gasteiger charge is 2.16. The molecule has 0 saturated carbocycles. The van der Waals surface area contributed by atoms with Gasteiger partial charge in [-0.25, -0.2) is 0 Å². The summed E-state index contributed by atoms with van der Waals surface area (Å²) < 4.78 is 10.8. The number of aryl methyl sites for hydroxylation is 2. The summed E-state index contributed by atoms with van der Waals surface area (Å²) in [7, 11) is 0. The molecule has 29 heavy (non-hydrogen) atoms. The lowest BCUT2D eigenvalue weighted by molar-refractivity contribution is 0.0953. The molecule has 2 N–H and O–H groups in total. The molecule has 0 aliphatic rings. The van der Waals surface area contributed by atoms with Gasteiger partial charge in [-0.05, 0) is 67.8 Å². The lowest BCUT2D eigenvalue weighted by atomic mass is 10.2. The number of furan rings is 1. The number of thiophene rings is 1. The number of carbonyl (C=O) groups is 2. The van der Waals surface area contributed by atoms with Gasteiger partial charge in [-0.2, -0.15) is 0 Å². The van der Waals surface area contributed by atoms with Crippen LogP contribution in [-0.4, -0.2) is 25.0 Å². The Kier molecular flexibility index (Phi) is 6.95. The lowest BCUT2D eigenvalue weighted by Gasteiger charge is -2.09. The second-order valence-corrected chi connectivity index (χ2v) is 7.91. The standard InChI is InChI=1S/C21H21ClN2O4S/c1-13-11-15(22)6-7-16(13)27-10-4-8-23-21(26)19-14(2)12-18(29-19)24-20(25)17-5-3-9-28-17/h3,5-7,9,11-12H,4,8,10H2,1-2H3,(H,23,26)(H,24,25). The van der Waals surface area contributed by atoms with Gasteiger partial charge in [-0.1, -0.05) is 11.6 Å². The minimum absolute atomic E-state index is 0.173. The first-order valence-electron chi connectivity index (χ1n) is 9.06. The van der Waals surface area contributed by atoms with Crippen molar-refractivity contribution in [2.24, 2.45) is 0 Å². The molecular formula is C21H21ClN2O4S. The van der Waals surface area contributed by atoms with Crippen LogP contribution in [0, 0.1) is 13.8 Å². The van der Waals surface area contributed by atoms with Gasteiger partial charge in [0, 0.05) is 11.6 Å². The van der Waals surface area contributed by atoms with Gasteiger partial charge in [0.15, 0.2) is 5.76 Å². The minimum atomic E-state index is -0.349. The molecular weight excluding hydrogens is 412 g/mol. The van der Waals surface area contributed by atoms with E-state index in [2.05, 4.69) is 10.6 Å².